The molecule has 0 radical (unpaired) electrons. The van der Waals surface area contributed by atoms with E-state index in [0.717, 1.165) is 43.8 Å². The molecule has 0 saturated carbocycles. The van der Waals surface area contributed by atoms with Crippen molar-refractivity contribution < 1.29 is 9.47 Å². The van der Waals surface area contributed by atoms with Gasteiger partial charge in [-0.3, -0.25) is 0 Å². The molecule has 0 aliphatic carbocycles. The van der Waals surface area contributed by atoms with Crippen molar-refractivity contribution in [1.29, 1.82) is 0 Å². The van der Waals surface area contributed by atoms with Gasteiger partial charge in [-0.25, -0.2) is 29.9 Å². The lowest BCUT2D eigenvalue weighted by atomic mass is 10.1. The summed E-state index contributed by atoms with van der Waals surface area (Å²) in [5.41, 5.74) is 6.01. The third-order valence-corrected chi connectivity index (χ3v) is 8.06. The summed E-state index contributed by atoms with van der Waals surface area (Å²) in [6, 6.07) is 27.8. The fourth-order valence-corrected chi connectivity index (χ4v) is 5.97. The second-order valence-corrected chi connectivity index (χ2v) is 10.5. The molecule has 44 heavy (non-hydrogen) atoms. The zero-order valence-electron chi connectivity index (χ0n) is 23.6. The Morgan fingerprint density at radius 1 is 0.409 bits per heavy atom. The van der Waals surface area contributed by atoms with Gasteiger partial charge in [0.15, 0.2) is 34.8 Å². The Morgan fingerprint density at radius 2 is 0.727 bits per heavy atom. The zero-order chi connectivity index (χ0) is 29.4. The zero-order valence-corrected chi connectivity index (χ0v) is 23.6. The van der Waals surface area contributed by atoms with Crippen molar-refractivity contribution in [3.63, 3.8) is 0 Å². The van der Waals surface area contributed by atoms with Crippen molar-refractivity contribution in [3.05, 3.63) is 84.9 Å². The molecular weight excluding hydrogens is 552 g/mol. The fourth-order valence-electron chi connectivity index (χ4n) is 5.97. The normalized spacial score (nSPS) is 11.9. The Hall–Kier alpha value is -6.16. The molecule has 3 aromatic heterocycles. The SMILES string of the molecule is COc1cc2c3nc4nc(nc5[nH]c(nc6nc(nc([nH]3)c2cc1OC)-c1ccccc1-6)c1ccccc51)-c1ccccc1-4. The maximum atomic E-state index is 5.64. The minimum atomic E-state index is 0.538. The number of hydrogen-bond donors (Lipinski definition) is 2. The number of methoxy groups -OCH3 is 2. The molecule has 0 unspecified atom stereocenters. The predicted octanol–water partition coefficient (Wildman–Crippen LogP) is 6.89. The molecule has 0 atom stereocenters. The molecule has 2 N–H and O–H groups in total. The first-order chi connectivity index (χ1) is 21.7. The monoisotopic (exact) mass is 574 g/mol. The Morgan fingerprint density at radius 3 is 1.07 bits per heavy atom. The van der Waals surface area contributed by atoms with E-state index >= 15 is 0 Å². The van der Waals surface area contributed by atoms with Crippen LogP contribution in [0.3, 0.4) is 0 Å². The lowest BCUT2D eigenvalue weighted by molar-refractivity contribution is 0.356. The van der Waals surface area contributed by atoms with Crippen LogP contribution in [0.4, 0.5) is 0 Å². The highest BCUT2D eigenvalue weighted by molar-refractivity contribution is 6.07. The van der Waals surface area contributed by atoms with Gasteiger partial charge in [-0.05, 0) is 12.1 Å². The Balaban J connectivity index is 1.50. The minimum absolute atomic E-state index is 0.538. The summed E-state index contributed by atoms with van der Waals surface area (Å²) >= 11 is 0. The van der Waals surface area contributed by atoms with Gasteiger partial charge < -0.3 is 19.4 Å². The molecule has 2 aliphatic rings. The van der Waals surface area contributed by atoms with Crippen molar-refractivity contribution >= 4 is 44.1 Å². The number of ether oxygens (including phenoxy) is 2. The molecule has 7 aromatic rings. The van der Waals surface area contributed by atoms with Gasteiger partial charge in [0.2, 0.25) is 0 Å². The summed E-state index contributed by atoms with van der Waals surface area (Å²) in [6.07, 6.45) is 0. The van der Waals surface area contributed by atoms with Gasteiger partial charge in [0, 0.05) is 43.8 Å². The molecule has 0 amide bonds. The number of nitrogens with one attached hydrogen (secondary N) is 2. The predicted molar refractivity (Wildman–Crippen MR) is 169 cm³/mol. The average Bonchev–Trinajstić information content (AvgIpc) is 3.79. The Bertz CT molecular complexity index is 2330. The number of nitrogens with zero attached hydrogens (tertiary/aromatic N) is 6. The van der Waals surface area contributed by atoms with Gasteiger partial charge in [-0.2, -0.15) is 0 Å². The summed E-state index contributed by atoms with van der Waals surface area (Å²) in [6.45, 7) is 0. The summed E-state index contributed by atoms with van der Waals surface area (Å²) in [4.78, 5) is 36.9. The van der Waals surface area contributed by atoms with Crippen LogP contribution in [0.5, 0.6) is 11.5 Å². The van der Waals surface area contributed by atoms with Crippen LogP contribution in [-0.4, -0.2) is 54.1 Å². The van der Waals surface area contributed by atoms with E-state index in [1.165, 1.54) is 0 Å². The number of hydrogen-bond acceptors (Lipinski definition) is 8. The van der Waals surface area contributed by atoms with Gasteiger partial charge in [0.05, 0.1) is 14.2 Å². The van der Waals surface area contributed by atoms with Gasteiger partial charge in [0.1, 0.15) is 22.6 Å². The average molecular weight is 575 g/mol. The first-order valence-electron chi connectivity index (χ1n) is 14.0. The third-order valence-electron chi connectivity index (χ3n) is 8.06. The van der Waals surface area contributed by atoms with E-state index in [1.807, 2.05) is 84.9 Å². The smallest absolute Gasteiger partial charge is 0.164 e. The van der Waals surface area contributed by atoms with E-state index in [0.29, 0.717) is 57.4 Å². The van der Waals surface area contributed by atoms with Crippen molar-refractivity contribution in [3.8, 4) is 57.1 Å². The van der Waals surface area contributed by atoms with E-state index in [-0.39, 0.29) is 0 Å². The highest BCUT2D eigenvalue weighted by atomic mass is 16.5. The molecular formula is C34H22N8O2. The molecule has 4 aromatic carbocycles. The van der Waals surface area contributed by atoms with Crippen LogP contribution in [0.1, 0.15) is 0 Å². The molecule has 8 bridgehead atoms. The number of aromatic nitrogens is 8. The lowest BCUT2D eigenvalue weighted by Crippen LogP contribution is -1.90. The van der Waals surface area contributed by atoms with Crippen LogP contribution >= 0.6 is 0 Å². The Labute approximate surface area is 249 Å². The highest BCUT2D eigenvalue weighted by Crippen LogP contribution is 2.39. The maximum Gasteiger partial charge on any atom is 0.164 e. The standard InChI is InChI=1S/C34H22N8O2/c1-43-25-15-23-24(16-26(25)44-2)34-41-32-22-14-8-6-12-20(22)30(39-32)37-28-18-10-4-3-9-17(18)27(35-28)36-29-19-11-5-7-13-21(19)31(38-29)40-33(23)42-34/h3-16H,1-2H3,(H2,35,36,37,38,39,40,41,42). The van der Waals surface area contributed by atoms with Crippen LogP contribution in [0.2, 0.25) is 0 Å². The van der Waals surface area contributed by atoms with Crippen LogP contribution in [-0.2, 0) is 0 Å². The molecule has 10 nitrogen and oxygen atoms in total. The highest BCUT2D eigenvalue weighted by Gasteiger charge is 2.22. The molecule has 0 fully saturated rings. The number of benzene rings is 4. The van der Waals surface area contributed by atoms with E-state index in [2.05, 4.69) is 9.97 Å². The topological polar surface area (TPSA) is 127 Å². The van der Waals surface area contributed by atoms with Crippen molar-refractivity contribution in [1.82, 2.24) is 39.9 Å². The van der Waals surface area contributed by atoms with Gasteiger partial charge in [0.25, 0.3) is 0 Å². The minimum Gasteiger partial charge on any atom is -0.493 e. The van der Waals surface area contributed by atoms with E-state index < -0.39 is 0 Å². The lowest BCUT2D eigenvalue weighted by Gasteiger charge is -2.07. The van der Waals surface area contributed by atoms with Gasteiger partial charge in [-0.1, -0.05) is 72.8 Å². The van der Waals surface area contributed by atoms with Crippen LogP contribution < -0.4 is 9.47 Å². The molecule has 0 saturated heterocycles. The number of rotatable bonds is 2. The number of H-pyrrole nitrogens is 2. The largest absolute Gasteiger partial charge is 0.493 e. The third kappa shape index (κ3) is 3.54. The second-order valence-electron chi connectivity index (χ2n) is 10.5. The van der Waals surface area contributed by atoms with Crippen LogP contribution in [0.15, 0.2) is 84.9 Å². The number of fused-ring (bicyclic) bond motifs is 20. The van der Waals surface area contributed by atoms with Crippen LogP contribution in [0, 0.1) is 0 Å². The number of aromatic amines is 2. The second kappa shape index (κ2) is 9.17. The molecule has 210 valence electrons. The van der Waals surface area contributed by atoms with Gasteiger partial charge in [-0.15, -0.1) is 0 Å². The first kappa shape index (κ1) is 24.4. The molecule has 0 spiro atoms. The van der Waals surface area contributed by atoms with E-state index in [9.17, 15) is 0 Å². The summed E-state index contributed by atoms with van der Waals surface area (Å²) in [5.74, 6) is 3.35. The first-order valence-corrected chi connectivity index (χ1v) is 14.0. The maximum absolute atomic E-state index is 5.64. The van der Waals surface area contributed by atoms with Gasteiger partial charge >= 0.3 is 0 Å². The van der Waals surface area contributed by atoms with Crippen LogP contribution in [0.25, 0.3) is 89.7 Å². The van der Waals surface area contributed by atoms with E-state index in [1.54, 1.807) is 14.2 Å². The summed E-state index contributed by atoms with van der Waals surface area (Å²) in [5, 5.41) is 3.47. The fraction of sp³-hybridized carbons (Fsp3) is 0.0588. The van der Waals surface area contributed by atoms with Crippen molar-refractivity contribution in [2.75, 3.05) is 14.2 Å². The molecule has 5 heterocycles. The van der Waals surface area contributed by atoms with Crippen molar-refractivity contribution in [2.24, 2.45) is 0 Å². The Kier molecular flexibility index (Phi) is 5.09. The quantitative estimate of drug-likeness (QED) is 0.229. The van der Waals surface area contributed by atoms with Crippen molar-refractivity contribution in [2.45, 2.75) is 0 Å². The molecule has 9 rings (SSSR count). The molecule has 10 heteroatoms. The summed E-state index contributed by atoms with van der Waals surface area (Å²) in [7, 11) is 3.22. The van der Waals surface area contributed by atoms with E-state index in [4.69, 9.17) is 39.4 Å². The molecule has 2 aliphatic heterocycles. The summed E-state index contributed by atoms with van der Waals surface area (Å²) < 4.78 is 11.3.